The maximum Gasteiger partial charge on any atom is 0.355 e. The van der Waals surface area contributed by atoms with Crippen LogP contribution in [0.3, 0.4) is 0 Å². The minimum Gasteiger partial charge on any atom is -0.495 e. The lowest BCUT2D eigenvalue weighted by molar-refractivity contribution is -0.140. The second-order valence-electron chi connectivity index (χ2n) is 5.54. The Kier molecular flexibility index (Phi) is 6.97. The fourth-order valence-electron chi connectivity index (χ4n) is 2.71. The molecule has 0 saturated carbocycles. The Balaban J connectivity index is 2.77. The molecule has 28 heavy (non-hydrogen) atoms. The van der Waals surface area contributed by atoms with Crippen molar-refractivity contribution in [3.63, 3.8) is 0 Å². The Hall–Kier alpha value is -3.55. The highest BCUT2D eigenvalue weighted by Crippen LogP contribution is 2.37. The zero-order chi connectivity index (χ0) is 20.7. The molecular weight excluding hydrogens is 366 g/mol. The molecule has 0 bridgehead atoms. The molecule has 1 heterocycles. The standard InChI is InChI=1S/C20H21NO7/c1-25-15-10-7-8-13(12-16(22)26-2)17(15)21-11-6-5-9-14(19(23)27-3)18(21)20(24)28-4/h5-11H,12H2,1-4H3. The van der Waals surface area contributed by atoms with E-state index in [0.717, 1.165) is 0 Å². The van der Waals surface area contributed by atoms with E-state index in [4.69, 9.17) is 18.9 Å². The van der Waals surface area contributed by atoms with E-state index in [-0.39, 0.29) is 17.7 Å². The molecular formula is C20H21NO7. The lowest BCUT2D eigenvalue weighted by Crippen LogP contribution is -2.28. The first-order valence-corrected chi connectivity index (χ1v) is 8.26. The summed E-state index contributed by atoms with van der Waals surface area (Å²) in [4.78, 5) is 38.2. The quantitative estimate of drug-likeness (QED) is 0.540. The lowest BCUT2D eigenvalue weighted by Gasteiger charge is -2.27. The van der Waals surface area contributed by atoms with Crippen molar-refractivity contribution < 1.29 is 33.3 Å². The number of methoxy groups -OCH3 is 4. The van der Waals surface area contributed by atoms with Crippen LogP contribution >= 0.6 is 0 Å². The van der Waals surface area contributed by atoms with Crippen LogP contribution in [0.25, 0.3) is 0 Å². The summed E-state index contributed by atoms with van der Waals surface area (Å²) in [5, 5.41) is 0. The number of rotatable bonds is 6. The highest BCUT2D eigenvalue weighted by atomic mass is 16.5. The molecule has 0 radical (unpaired) electrons. The van der Waals surface area contributed by atoms with Gasteiger partial charge in [-0.05, 0) is 23.8 Å². The molecule has 0 amide bonds. The number of carbonyl (C=O) groups is 3. The van der Waals surface area contributed by atoms with E-state index < -0.39 is 17.9 Å². The maximum absolute atomic E-state index is 12.6. The lowest BCUT2D eigenvalue weighted by atomic mass is 10.1. The van der Waals surface area contributed by atoms with Gasteiger partial charge in [-0.3, -0.25) is 4.79 Å². The number of allylic oxidation sites excluding steroid dienone is 2. The predicted molar refractivity (Wildman–Crippen MR) is 101 cm³/mol. The van der Waals surface area contributed by atoms with Gasteiger partial charge in [-0.25, -0.2) is 9.59 Å². The molecule has 0 saturated heterocycles. The third kappa shape index (κ3) is 4.22. The second kappa shape index (κ2) is 9.40. The van der Waals surface area contributed by atoms with Crippen LogP contribution < -0.4 is 9.64 Å². The van der Waals surface area contributed by atoms with Crippen LogP contribution in [-0.4, -0.2) is 46.3 Å². The molecule has 0 N–H and O–H groups in total. The molecule has 1 aliphatic heterocycles. The summed E-state index contributed by atoms with van der Waals surface area (Å²) in [6.07, 6.45) is 6.17. The number of anilines is 1. The number of para-hydroxylation sites is 1. The van der Waals surface area contributed by atoms with Gasteiger partial charge in [0.05, 0.1) is 46.1 Å². The van der Waals surface area contributed by atoms with Crippen molar-refractivity contribution in [3.8, 4) is 5.75 Å². The van der Waals surface area contributed by atoms with Crippen molar-refractivity contribution in [1.29, 1.82) is 0 Å². The summed E-state index contributed by atoms with van der Waals surface area (Å²) in [6.45, 7) is 0. The molecule has 148 valence electrons. The Bertz CT molecular complexity index is 867. The van der Waals surface area contributed by atoms with E-state index in [2.05, 4.69) is 0 Å². The molecule has 0 aromatic heterocycles. The molecule has 1 aliphatic rings. The fraction of sp³-hybridized carbons (Fsp3) is 0.250. The van der Waals surface area contributed by atoms with Crippen LogP contribution in [0.2, 0.25) is 0 Å². The topological polar surface area (TPSA) is 91.4 Å². The highest BCUT2D eigenvalue weighted by Gasteiger charge is 2.30. The van der Waals surface area contributed by atoms with Gasteiger partial charge in [0, 0.05) is 6.20 Å². The molecule has 1 aromatic rings. The van der Waals surface area contributed by atoms with Crippen molar-refractivity contribution in [3.05, 3.63) is 59.5 Å². The molecule has 0 unspecified atom stereocenters. The number of benzene rings is 1. The van der Waals surface area contributed by atoms with Gasteiger partial charge in [0.15, 0.2) is 0 Å². The van der Waals surface area contributed by atoms with E-state index in [1.54, 1.807) is 36.6 Å². The minimum absolute atomic E-state index is 0.00530. The summed E-state index contributed by atoms with van der Waals surface area (Å²) < 4.78 is 19.9. The van der Waals surface area contributed by atoms with Gasteiger partial charge in [0.2, 0.25) is 0 Å². The van der Waals surface area contributed by atoms with Crippen LogP contribution in [0.5, 0.6) is 5.75 Å². The molecule has 0 atom stereocenters. The van der Waals surface area contributed by atoms with Crippen LogP contribution in [-0.2, 0) is 35.0 Å². The molecule has 0 spiro atoms. The van der Waals surface area contributed by atoms with E-state index in [0.29, 0.717) is 17.0 Å². The fourth-order valence-corrected chi connectivity index (χ4v) is 2.71. The number of esters is 3. The summed E-state index contributed by atoms with van der Waals surface area (Å²) in [6, 6.07) is 5.09. The molecule has 8 heteroatoms. The number of nitrogens with zero attached hydrogens (tertiary/aromatic N) is 1. The number of carbonyl (C=O) groups excluding carboxylic acids is 3. The van der Waals surface area contributed by atoms with E-state index in [1.165, 1.54) is 39.4 Å². The number of hydrogen-bond donors (Lipinski definition) is 0. The molecule has 1 aromatic carbocycles. The van der Waals surface area contributed by atoms with Crippen molar-refractivity contribution in [2.24, 2.45) is 0 Å². The SMILES string of the molecule is COC(=O)Cc1cccc(OC)c1N1C=CC=CC(C(=O)OC)=C1C(=O)OC. The average Bonchev–Trinajstić information content (AvgIpc) is 2.94. The highest BCUT2D eigenvalue weighted by molar-refractivity contribution is 6.06. The van der Waals surface area contributed by atoms with E-state index >= 15 is 0 Å². The number of ether oxygens (including phenoxy) is 4. The molecule has 8 nitrogen and oxygen atoms in total. The summed E-state index contributed by atoms with van der Waals surface area (Å²) in [7, 11) is 5.17. The van der Waals surface area contributed by atoms with Crippen LogP contribution in [0.1, 0.15) is 5.56 Å². The first-order chi connectivity index (χ1) is 13.5. The summed E-state index contributed by atoms with van der Waals surface area (Å²) >= 11 is 0. The van der Waals surface area contributed by atoms with Crippen LogP contribution in [0.15, 0.2) is 53.9 Å². The molecule has 2 rings (SSSR count). The molecule has 0 aliphatic carbocycles. The smallest absolute Gasteiger partial charge is 0.355 e. The van der Waals surface area contributed by atoms with Crippen LogP contribution in [0, 0.1) is 0 Å². The van der Waals surface area contributed by atoms with Crippen LogP contribution in [0.4, 0.5) is 5.69 Å². The zero-order valence-corrected chi connectivity index (χ0v) is 16.1. The van der Waals surface area contributed by atoms with Crippen molar-refractivity contribution >= 4 is 23.6 Å². The van der Waals surface area contributed by atoms with Gasteiger partial charge in [-0.2, -0.15) is 0 Å². The third-order valence-electron chi connectivity index (χ3n) is 4.00. The average molecular weight is 387 g/mol. The van der Waals surface area contributed by atoms with Gasteiger partial charge in [-0.1, -0.05) is 18.2 Å². The monoisotopic (exact) mass is 387 g/mol. The van der Waals surface area contributed by atoms with Crippen molar-refractivity contribution in [2.75, 3.05) is 33.3 Å². The van der Waals surface area contributed by atoms with Gasteiger partial charge >= 0.3 is 17.9 Å². The van der Waals surface area contributed by atoms with Gasteiger partial charge in [0.25, 0.3) is 0 Å². The van der Waals surface area contributed by atoms with Gasteiger partial charge in [-0.15, -0.1) is 0 Å². The van der Waals surface area contributed by atoms with E-state index in [9.17, 15) is 14.4 Å². The molecule has 0 fully saturated rings. The van der Waals surface area contributed by atoms with Gasteiger partial charge in [0.1, 0.15) is 11.4 Å². The minimum atomic E-state index is -0.758. The predicted octanol–water partition coefficient (Wildman–Crippen LogP) is 1.90. The Morgan fingerprint density at radius 1 is 0.929 bits per heavy atom. The first-order valence-electron chi connectivity index (χ1n) is 8.26. The normalized spacial score (nSPS) is 13.1. The van der Waals surface area contributed by atoms with Crippen molar-refractivity contribution in [2.45, 2.75) is 6.42 Å². The summed E-state index contributed by atoms with van der Waals surface area (Å²) in [5.74, 6) is -1.55. The number of hydrogen-bond acceptors (Lipinski definition) is 8. The van der Waals surface area contributed by atoms with Gasteiger partial charge < -0.3 is 23.8 Å². The first kappa shape index (κ1) is 20.8. The largest absolute Gasteiger partial charge is 0.495 e. The van der Waals surface area contributed by atoms with Crippen molar-refractivity contribution in [1.82, 2.24) is 0 Å². The Morgan fingerprint density at radius 3 is 2.25 bits per heavy atom. The second-order valence-corrected chi connectivity index (χ2v) is 5.54. The Morgan fingerprint density at radius 2 is 1.64 bits per heavy atom. The Labute approximate surface area is 162 Å². The zero-order valence-electron chi connectivity index (χ0n) is 16.1. The third-order valence-corrected chi connectivity index (χ3v) is 4.00. The maximum atomic E-state index is 12.6. The van der Waals surface area contributed by atoms with E-state index in [1.807, 2.05) is 0 Å². The summed E-state index contributed by atoms with van der Waals surface area (Å²) in [5.41, 5.74) is 0.852.